The molecule has 0 heterocycles. The molecule has 0 aromatic heterocycles. The van der Waals surface area contributed by atoms with Crippen LogP contribution in [0.4, 0.5) is 0 Å². The molecule has 0 aliphatic rings. The number of unbranched alkanes of at least 4 members (excludes halogenated alkanes) is 24. The van der Waals surface area contributed by atoms with Crippen molar-refractivity contribution in [2.75, 3.05) is 13.2 Å². The van der Waals surface area contributed by atoms with Gasteiger partial charge in [-0.3, -0.25) is 9.59 Å². The highest BCUT2D eigenvalue weighted by Gasteiger charge is 2.19. The van der Waals surface area contributed by atoms with Crippen molar-refractivity contribution in [2.45, 2.75) is 225 Å². The molecule has 1 amide bonds. The monoisotopic (exact) mass is 666 g/mol. The number of hydrogen-bond donors (Lipinski definition) is 3. The van der Waals surface area contributed by atoms with Crippen LogP contribution in [0.15, 0.2) is 12.2 Å². The predicted octanol–water partition coefficient (Wildman–Crippen LogP) is 11.1. The number of ether oxygens (including phenoxy) is 1. The van der Waals surface area contributed by atoms with Gasteiger partial charge in [-0.15, -0.1) is 0 Å². The van der Waals surface area contributed by atoms with E-state index in [1.165, 1.54) is 109 Å². The molecular formula is C41H79NO5. The molecule has 0 rings (SSSR count). The highest BCUT2D eigenvalue weighted by molar-refractivity contribution is 5.76. The Morgan fingerprint density at radius 1 is 0.574 bits per heavy atom. The number of rotatable bonds is 37. The van der Waals surface area contributed by atoms with Gasteiger partial charge in [-0.1, -0.05) is 167 Å². The van der Waals surface area contributed by atoms with Gasteiger partial charge in [-0.2, -0.15) is 0 Å². The maximum Gasteiger partial charge on any atom is 0.305 e. The van der Waals surface area contributed by atoms with Crippen LogP contribution in [0.3, 0.4) is 0 Å². The van der Waals surface area contributed by atoms with E-state index in [-0.39, 0.29) is 18.5 Å². The molecule has 3 N–H and O–H groups in total. The minimum Gasteiger partial charge on any atom is -0.466 e. The lowest BCUT2D eigenvalue weighted by Crippen LogP contribution is -2.45. The van der Waals surface area contributed by atoms with E-state index in [0.717, 1.165) is 70.6 Å². The molecule has 6 nitrogen and oxygen atoms in total. The van der Waals surface area contributed by atoms with Crippen LogP contribution in [-0.2, 0) is 14.3 Å². The summed E-state index contributed by atoms with van der Waals surface area (Å²) >= 11 is 0. The third-order valence-electron chi connectivity index (χ3n) is 9.31. The number of amides is 1. The lowest BCUT2D eigenvalue weighted by atomic mass is 10.0. The molecule has 0 saturated carbocycles. The number of aliphatic hydroxyl groups excluding tert-OH is 2. The van der Waals surface area contributed by atoms with E-state index in [2.05, 4.69) is 31.3 Å². The number of nitrogens with one attached hydrogen (secondary N) is 1. The number of aliphatic hydroxyl groups is 2. The fourth-order valence-electron chi connectivity index (χ4n) is 6.11. The predicted molar refractivity (Wildman–Crippen MR) is 200 cm³/mol. The molecule has 0 aromatic rings. The largest absolute Gasteiger partial charge is 0.466 e. The SMILES string of the molecule is CCCCCCCCCCCCCC(=O)OCCCCCC/C=C\CCCC(=O)NC(CO)C(O)CCCCCCCCCCCC. The van der Waals surface area contributed by atoms with Crippen LogP contribution in [0.5, 0.6) is 0 Å². The van der Waals surface area contributed by atoms with Crippen molar-refractivity contribution >= 4 is 11.9 Å². The van der Waals surface area contributed by atoms with Crippen LogP contribution in [0.2, 0.25) is 0 Å². The molecule has 0 aromatic carbocycles. The molecule has 0 aliphatic carbocycles. The summed E-state index contributed by atoms with van der Waals surface area (Å²) in [6.45, 7) is 4.82. The Hall–Kier alpha value is -1.40. The molecule has 0 saturated heterocycles. The van der Waals surface area contributed by atoms with Crippen LogP contribution in [0, 0.1) is 0 Å². The lowest BCUT2D eigenvalue weighted by Gasteiger charge is -2.22. The van der Waals surface area contributed by atoms with E-state index in [1.54, 1.807) is 0 Å². The van der Waals surface area contributed by atoms with Crippen molar-refractivity contribution in [1.82, 2.24) is 5.32 Å². The van der Waals surface area contributed by atoms with Crippen molar-refractivity contribution < 1.29 is 24.5 Å². The van der Waals surface area contributed by atoms with Crippen LogP contribution in [0.25, 0.3) is 0 Å². The zero-order valence-electron chi connectivity index (χ0n) is 31.3. The van der Waals surface area contributed by atoms with Gasteiger partial charge in [0, 0.05) is 12.8 Å². The smallest absolute Gasteiger partial charge is 0.305 e. The van der Waals surface area contributed by atoms with Gasteiger partial charge in [0.05, 0.1) is 25.4 Å². The normalized spacial score (nSPS) is 12.9. The first kappa shape index (κ1) is 45.6. The molecule has 2 unspecified atom stereocenters. The van der Waals surface area contributed by atoms with Crippen molar-refractivity contribution in [2.24, 2.45) is 0 Å². The fraction of sp³-hybridized carbons (Fsp3) is 0.902. The van der Waals surface area contributed by atoms with Crippen LogP contribution >= 0.6 is 0 Å². The summed E-state index contributed by atoms with van der Waals surface area (Å²) in [5, 5.41) is 22.9. The van der Waals surface area contributed by atoms with E-state index in [9.17, 15) is 19.8 Å². The number of carbonyl (C=O) groups excluding carboxylic acids is 2. The third-order valence-corrected chi connectivity index (χ3v) is 9.31. The molecule has 0 radical (unpaired) electrons. The first-order chi connectivity index (χ1) is 23.0. The molecular weight excluding hydrogens is 586 g/mol. The second kappa shape index (κ2) is 37.4. The first-order valence-corrected chi connectivity index (χ1v) is 20.4. The Balaban J connectivity index is 3.56. The minimum atomic E-state index is -0.691. The van der Waals surface area contributed by atoms with Crippen LogP contribution < -0.4 is 5.32 Å². The van der Waals surface area contributed by atoms with Gasteiger partial charge < -0.3 is 20.3 Å². The van der Waals surface area contributed by atoms with E-state index >= 15 is 0 Å². The molecule has 0 bridgehead atoms. The molecule has 6 heteroatoms. The van der Waals surface area contributed by atoms with E-state index in [0.29, 0.717) is 25.9 Å². The van der Waals surface area contributed by atoms with Gasteiger partial charge in [0.25, 0.3) is 0 Å². The van der Waals surface area contributed by atoms with E-state index in [1.807, 2.05) is 0 Å². The molecule has 47 heavy (non-hydrogen) atoms. The fourth-order valence-corrected chi connectivity index (χ4v) is 6.11. The standard InChI is InChI=1S/C41H79NO5/c1-3-5-7-9-11-13-15-19-23-27-31-35-41(46)47-36-32-28-24-20-16-18-22-26-30-34-40(45)42-38(37-43)39(44)33-29-25-21-17-14-12-10-8-6-4-2/h18,22,38-39,43-44H,3-17,19-21,23-37H2,1-2H3,(H,42,45)/b22-18-. The second-order valence-corrected chi connectivity index (χ2v) is 14.0. The molecule has 0 aliphatic heterocycles. The Labute approximate surface area is 291 Å². The van der Waals surface area contributed by atoms with Crippen molar-refractivity contribution in [3.63, 3.8) is 0 Å². The topological polar surface area (TPSA) is 95.9 Å². The highest BCUT2D eigenvalue weighted by atomic mass is 16.5. The summed E-state index contributed by atoms with van der Waals surface area (Å²) in [4.78, 5) is 24.2. The summed E-state index contributed by atoms with van der Waals surface area (Å²) < 4.78 is 5.40. The summed E-state index contributed by atoms with van der Waals surface area (Å²) in [5.74, 6) is -0.135. The van der Waals surface area contributed by atoms with Gasteiger partial charge in [0.1, 0.15) is 0 Å². The third kappa shape index (κ3) is 34.3. The van der Waals surface area contributed by atoms with Crippen LogP contribution in [-0.4, -0.2) is 47.4 Å². The molecule has 2 atom stereocenters. The van der Waals surface area contributed by atoms with Gasteiger partial charge in [-0.05, 0) is 44.9 Å². The number of esters is 1. The quantitative estimate of drug-likeness (QED) is 0.0349. The summed E-state index contributed by atoms with van der Waals surface area (Å²) in [7, 11) is 0. The van der Waals surface area contributed by atoms with Crippen molar-refractivity contribution in [1.29, 1.82) is 0 Å². The highest BCUT2D eigenvalue weighted by Crippen LogP contribution is 2.14. The van der Waals surface area contributed by atoms with E-state index in [4.69, 9.17) is 4.74 Å². The minimum absolute atomic E-state index is 0.0371. The summed E-state index contributed by atoms with van der Waals surface area (Å²) in [6.07, 6.45) is 38.8. The van der Waals surface area contributed by atoms with Gasteiger partial charge in [-0.25, -0.2) is 0 Å². The zero-order valence-corrected chi connectivity index (χ0v) is 31.3. The molecule has 0 fully saturated rings. The maximum absolute atomic E-state index is 12.3. The Kier molecular flexibility index (Phi) is 36.3. The number of allylic oxidation sites excluding steroid dienone is 2. The average Bonchev–Trinajstić information content (AvgIpc) is 3.07. The summed E-state index contributed by atoms with van der Waals surface area (Å²) in [6, 6.07) is -0.575. The van der Waals surface area contributed by atoms with Gasteiger partial charge in [0.2, 0.25) is 5.91 Å². The second-order valence-electron chi connectivity index (χ2n) is 14.0. The Morgan fingerprint density at radius 2 is 1.02 bits per heavy atom. The maximum atomic E-state index is 12.3. The Morgan fingerprint density at radius 3 is 1.55 bits per heavy atom. The van der Waals surface area contributed by atoms with Gasteiger partial charge >= 0.3 is 5.97 Å². The first-order valence-electron chi connectivity index (χ1n) is 20.4. The van der Waals surface area contributed by atoms with Crippen LogP contribution in [0.1, 0.15) is 213 Å². The Bertz CT molecular complexity index is 697. The van der Waals surface area contributed by atoms with Crippen molar-refractivity contribution in [3.8, 4) is 0 Å². The molecule has 0 spiro atoms. The molecule has 278 valence electrons. The zero-order chi connectivity index (χ0) is 34.5. The van der Waals surface area contributed by atoms with Crippen molar-refractivity contribution in [3.05, 3.63) is 12.2 Å². The lowest BCUT2D eigenvalue weighted by molar-refractivity contribution is -0.143. The summed E-state index contributed by atoms with van der Waals surface area (Å²) in [5.41, 5.74) is 0. The van der Waals surface area contributed by atoms with E-state index < -0.39 is 12.1 Å². The number of carbonyl (C=O) groups is 2. The number of hydrogen-bond acceptors (Lipinski definition) is 5. The average molecular weight is 666 g/mol. The van der Waals surface area contributed by atoms with Gasteiger partial charge in [0.15, 0.2) is 0 Å².